The molecule has 1 heteroatoms. The monoisotopic (exact) mass is 219 g/mol. The summed E-state index contributed by atoms with van der Waals surface area (Å²) in [5.74, 6) is 6.22. The van der Waals surface area contributed by atoms with Crippen molar-refractivity contribution in [2.75, 3.05) is 7.05 Å². The first-order valence-corrected chi connectivity index (χ1v) is 5.49. The summed E-state index contributed by atoms with van der Waals surface area (Å²) in [7, 11) is 1.77. The number of hydrogen-bond acceptors (Lipinski definition) is 1. The second kappa shape index (κ2) is 5.67. The highest BCUT2D eigenvalue weighted by atomic mass is 14.7. The van der Waals surface area contributed by atoms with Gasteiger partial charge in [0, 0.05) is 18.2 Å². The molecular weight excluding hydrogens is 206 g/mol. The summed E-state index contributed by atoms with van der Waals surface area (Å²) in [6.07, 6.45) is 0. The molecule has 0 N–H and O–H groups in total. The van der Waals surface area contributed by atoms with Crippen LogP contribution < -0.4 is 0 Å². The largest absolute Gasteiger partial charge is 0.279 e. The molecular formula is C16H13N. The number of hydrogen-bond donors (Lipinski definition) is 0. The predicted molar refractivity (Wildman–Crippen MR) is 72.2 cm³/mol. The second-order valence-corrected chi connectivity index (χ2v) is 3.55. The Morgan fingerprint density at radius 3 is 2.06 bits per heavy atom. The molecule has 0 saturated carbocycles. The van der Waals surface area contributed by atoms with Gasteiger partial charge >= 0.3 is 0 Å². The molecule has 0 radical (unpaired) electrons. The van der Waals surface area contributed by atoms with Gasteiger partial charge in [0.05, 0.1) is 0 Å². The van der Waals surface area contributed by atoms with Gasteiger partial charge in [-0.1, -0.05) is 54.5 Å². The minimum Gasteiger partial charge on any atom is -0.279 e. The lowest BCUT2D eigenvalue weighted by molar-refractivity contribution is 1.44. The second-order valence-electron chi connectivity index (χ2n) is 3.55. The van der Waals surface area contributed by atoms with E-state index in [-0.39, 0.29) is 0 Å². The Hall–Kier alpha value is -2.33. The van der Waals surface area contributed by atoms with Gasteiger partial charge in [0.25, 0.3) is 0 Å². The fourth-order valence-corrected chi connectivity index (χ4v) is 1.51. The number of benzene rings is 2. The quantitative estimate of drug-likeness (QED) is 0.516. The third kappa shape index (κ3) is 3.06. The van der Waals surface area contributed by atoms with E-state index < -0.39 is 0 Å². The first-order chi connectivity index (χ1) is 8.40. The Labute approximate surface area is 102 Å². The van der Waals surface area contributed by atoms with Crippen LogP contribution in [-0.2, 0) is 0 Å². The molecule has 0 spiro atoms. The number of rotatable bonds is 1. The zero-order valence-electron chi connectivity index (χ0n) is 9.72. The van der Waals surface area contributed by atoms with Crippen LogP contribution in [0.5, 0.6) is 0 Å². The molecule has 0 heterocycles. The fraction of sp³-hybridized carbons (Fsp3) is 0.0625. The van der Waals surface area contributed by atoms with Crippen molar-refractivity contribution in [2.24, 2.45) is 4.99 Å². The topological polar surface area (TPSA) is 12.4 Å². The molecule has 17 heavy (non-hydrogen) atoms. The molecule has 0 atom stereocenters. The Balaban J connectivity index is 2.27. The van der Waals surface area contributed by atoms with Crippen LogP contribution in [0.15, 0.2) is 65.7 Å². The van der Waals surface area contributed by atoms with Crippen molar-refractivity contribution in [2.45, 2.75) is 0 Å². The van der Waals surface area contributed by atoms with Crippen molar-refractivity contribution in [3.05, 3.63) is 71.8 Å². The fourth-order valence-electron chi connectivity index (χ4n) is 1.51. The maximum Gasteiger partial charge on any atom is 0.114 e. The molecule has 0 aliphatic rings. The van der Waals surface area contributed by atoms with Crippen LogP contribution in [0.4, 0.5) is 0 Å². The summed E-state index contributed by atoms with van der Waals surface area (Å²) in [5, 5.41) is 0. The highest BCUT2D eigenvalue weighted by Crippen LogP contribution is 2.01. The van der Waals surface area contributed by atoms with E-state index in [9.17, 15) is 0 Å². The molecule has 0 fully saturated rings. The van der Waals surface area contributed by atoms with Gasteiger partial charge in [-0.15, -0.1) is 0 Å². The van der Waals surface area contributed by atoms with Gasteiger partial charge < -0.3 is 0 Å². The zero-order chi connectivity index (χ0) is 11.9. The van der Waals surface area contributed by atoms with Crippen LogP contribution >= 0.6 is 0 Å². The minimum atomic E-state index is 0.814. The van der Waals surface area contributed by atoms with Crippen molar-refractivity contribution in [3.8, 4) is 11.8 Å². The van der Waals surface area contributed by atoms with E-state index in [0.29, 0.717) is 0 Å². The SMILES string of the molecule is CN=C(C#Cc1ccccc1)c1ccccc1. The average molecular weight is 219 g/mol. The minimum absolute atomic E-state index is 0.814. The molecule has 0 saturated heterocycles. The van der Waals surface area contributed by atoms with Crippen LogP contribution in [0.25, 0.3) is 0 Å². The molecule has 0 aliphatic heterocycles. The Kier molecular flexibility index (Phi) is 3.72. The van der Waals surface area contributed by atoms with Crippen LogP contribution in [0.3, 0.4) is 0 Å². The third-order valence-electron chi connectivity index (χ3n) is 2.37. The van der Waals surface area contributed by atoms with Crippen LogP contribution in [0.2, 0.25) is 0 Å². The molecule has 1 nitrogen and oxygen atoms in total. The van der Waals surface area contributed by atoms with Crippen LogP contribution in [0.1, 0.15) is 11.1 Å². The van der Waals surface area contributed by atoms with E-state index in [1.807, 2.05) is 60.7 Å². The molecule has 0 aromatic heterocycles. The molecule has 2 aromatic carbocycles. The number of aliphatic imine (C=N–C) groups is 1. The lowest BCUT2D eigenvalue weighted by atomic mass is 10.1. The normalized spacial score (nSPS) is 10.5. The Morgan fingerprint density at radius 2 is 1.47 bits per heavy atom. The molecule has 0 aliphatic carbocycles. The molecule has 2 aromatic rings. The third-order valence-corrected chi connectivity index (χ3v) is 2.37. The average Bonchev–Trinajstić information content (AvgIpc) is 2.42. The van der Waals surface area contributed by atoms with Gasteiger partial charge in [0.15, 0.2) is 0 Å². The summed E-state index contributed by atoms with van der Waals surface area (Å²) >= 11 is 0. The Morgan fingerprint density at radius 1 is 0.882 bits per heavy atom. The van der Waals surface area contributed by atoms with Gasteiger partial charge in [0.2, 0.25) is 0 Å². The maximum atomic E-state index is 4.22. The molecule has 0 unspecified atom stereocenters. The standard InChI is InChI=1S/C16H13N/c1-17-16(15-10-6-3-7-11-15)13-12-14-8-4-2-5-9-14/h2-11H,1H3. The van der Waals surface area contributed by atoms with E-state index in [0.717, 1.165) is 16.8 Å². The first-order valence-electron chi connectivity index (χ1n) is 5.49. The highest BCUT2D eigenvalue weighted by molar-refractivity contribution is 6.13. The molecule has 2 rings (SSSR count). The summed E-state index contributed by atoms with van der Waals surface area (Å²) in [4.78, 5) is 4.22. The molecule has 82 valence electrons. The van der Waals surface area contributed by atoms with Gasteiger partial charge in [-0.25, -0.2) is 0 Å². The van der Waals surface area contributed by atoms with Gasteiger partial charge in [-0.05, 0) is 18.1 Å². The zero-order valence-corrected chi connectivity index (χ0v) is 9.72. The first kappa shape index (κ1) is 11.2. The summed E-state index contributed by atoms with van der Waals surface area (Å²) < 4.78 is 0. The van der Waals surface area contributed by atoms with Crippen molar-refractivity contribution < 1.29 is 0 Å². The Bertz CT molecular complexity index is 557. The predicted octanol–water partition coefficient (Wildman–Crippen LogP) is 3.16. The van der Waals surface area contributed by atoms with Crippen LogP contribution in [0, 0.1) is 11.8 Å². The lowest BCUT2D eigenvalue weighted by Crippen LogP contribution is -1.96. The lowest BCUT2D eigenvalue weighted by Gasteiger charge is -1.96. The van der Waals surface area contributed by atoms with E-state index in [1.165, 1.54) is 0 Å². The van der Waals surface area contributed by atoms with Crippen LogP contribution in [-0.4, -0.2) is 12.8 Å². The molecule has 0 bridgehead atoms. The van der Waals surface area contributed by atoms with E-state index in [2.05, 4.69) is 16.8 Å². The smallest absolute Gasteiger partial charge is 0.114 e. The van der Waals surface area contributed by atoms with Crippen molar-refractivity contribution in [3.63, 3.8) is 0 Å². The van der Waals surface area contributed by atoms with Gasteiger partial charge in [0.1, 0.15) is 5.71 Å². The molecule has 0 amide bonds. The summed E-state index contributed by atoms with van der Waals surface area (Å²) in [6, 6.07) is 19.9. The van der Waals surface area contributed by atoms with Gasteiger partial charge in [-0.3, -0.25) is 4.99 Å². The highest BCUT2D eigenvalue weighted by Gasteiger charge is 1.96. The van der Waals surface area contributed by atoms with Crippen molar-refractivity contribution in [1.29, 1.82) is 0 Å². The van der Waals surface area contributed by atoms with E-state index >= 15 is 0 Å². The maximum absolute atomic E-state index is 4.22. The van der Waals surface area contributed by atoms with E-state index in [4.69, 9.17) is 0 Å². The van der Waals surface area contributed by atoms with E-state index in [1.54, 1.807) is 7.05 Å². The summed E-state index contributed by atoms with van der Waals surface area (Å²) in [5.41, 5.74) is 2.87. The van der Waals surface area contributed by atoms with Gasteiger partial charge in [-0.2, -0.15) is 0 Å². The number of nitrogens with zero attached hydrogens (tertiary/aromatic N) is 1. The van der Waals surface area contributed by atoms with Crippen molar-refractivity contribution in [1.82, 2.24) is 0 Å². The van der Waals surface area contributed by atoms with Crippen molar-refractivity contribution >= 4 is 5.71 Å². The summed E-state index contributed by atoms with van der Waals surface area (Å²) in [6.45, 7) is 0.